The van der Waals surface area contributed by atoms with Gasteiger partial charge in [-0.1, -0.05) is 12.1 Å². The molecule has 0 fully saturated rings. The number of carbonyl (C=O) groups excluding carboxylic acids is 1. The Balaban J connectivity index is 1.87. The number of benzene rings is 1. The molecular weight excluding hydrogens is 238 g/mol. The maximum absolute atomic E-state index is 13.0. The summed E-state index contributed by atoms with van der Waals surface area (Å²) >= 11 is 0. The van der Waals surface area contributed by atoms with Crippen molar-refractivity contribution in [2.24, 2.45) is 0 Å². The molecule has 0 saturated carbocycles. The summed E-state index contributed by atoms with van der Waals surface area (Å²) in [7, 11) is 0. The second-order valence-electron chi connectivity index (χ2n) is 4.21. The maximum Gasteiger partial charge on any atom is 0.238 e. The number of rotatable bonds is 3. The summed E-state index contributed by atoms with van der Waals surface area (Å²) in [5.74, 6) is -0.880. The molecule has 3 nitrogen and oxygen atoms in total. The third-order valence-electron chi connectivity index (χ3n) is 2.66. The van der Waals surface area contributed by atoms with Crippen LogP contribution in [0.2, 0.25) is 0 Å². The molecule has 0 atom stereocenters. The van der Waals surface area contributed by atoms with Gasteiger partial charge in [0, 0.05) is 12.2 Å². The molecular formula is C13H14F2N2O. The average molecular weight is 252 g/mol. The minimum absolute atomic E-state index is 0.109. The molecule has 0 spiro atoms. The van der Waals surface area contributed by atoms with Gasteiger partial charge in [0.2, 0.25) is 5.91 Å². The van der Waals surface area contributed by atoms with Crippen molar-refractivity contribution in [3.05, 3.63) is 42.0 Å². The van der Waals surface area contributed by atoms with Crippen molar-refractivity contribution < 1.29 is 13.6 Å². The van der Waals surface area contributed by atoms with Crippen LogP contribution in [0.25, 0.3) is 0 Å². The Morgan fingerprint density at radius 2 is 2.22 bits per heavy atom. The molecule has 1 aliphatic heterocycles. The maximum atomic E-state index is 13.0. The largest absolute Gasteiger partial charge is 0.325 e. The van der Waals surface area contributed by atoms with Crippen molar-refractivity contribution in [2.75, 3.05) is 25.0 Å². The number of hydrogen-bond acceptors (Lipinski definition) is 2. The first-order chi connectivity index (χ1) is 8.63. The van der Waals surface area contributed by atoms with Crippen molar-refractivity contribution in [1.29, 1.82) is 0 Å². The van der Waals surface area contributed by atoms with Crippen LogP contribution in [-0.2, 0) is 4.79 Å². The Bertz CT molecular complexity index is 474. The molecule has 1 aromatic rings. The minimum Gasteiger partial charge on any atom is -0.325 e. The third kappa shape index (κ3) is 3.63. The molecule has 0 unspecified atom stereocenters. The van der Waals surface area contributed by atoms with Crippen LogP contribution < -0.4 is 5.32 Å². The zero-order valence-corrected chi connectivity index (χ0v) is 9.83. The van der Waals surface area contributed by atoms with Gasteiger partial charge in [0.1, 0.15) is 11.6 Å². The van der Waals surface area contributed by atoms with Gasteiger partial charge >= 0.3 is 0 Å². The fraction of sp³-hybridized carbons (Fsp3) is 0.308. The van der Waals surface area contributed by atoms with Crippen molar-refractivity contribution >= 4 is 11.6 Å². The number of anilines is 1. The highest BCUT2D eigenvalue weighted by Crippen LogP contribution is 2.12. The van der Waals surface area contributed by atoms with Gasteiger partial charge in [-0.3, -0.25) is 9.69 Å². The molecule has 1 amide bonds. The fourth-order valence-corrected chi connectivity index (χ4v) is 1.87. The topological polar surface area (TPSA) is 32.3 Å². The van der Waals surface area contributed by atoms with E-state index >= 15 is 0 Å². The monoisotopic (exact) mass is 252 g/mol. The molecule has 96 valence electrons. The van der Waals surface area contributed by atoms with Crippen LogP contribution in [0.15, 0.2) is 36.2 Å². The Labute approximate surface area is 104 Å². The quantitative estimate of drug-likeness (QED) is 0.895. The standard InChI is InChI=1S/C13H14F2N2O/c14-10-3-1-5-12(7-10)16-13(18)9-17-6-2-4-11(15)8-17/h1,3-5,7H,2,6,8-9H2,(H,16,18). The zero-order chi connectivity index (χ0) is 13.0. The predicted molar refractivity (Wildman–Crippen MR) is 65.3 cm³/mol. The summed E-state index contributed by atoms with van der Waals surface area (Å²) in [4.78, 5) is 13.4. The second kappa shape index (κ2) is 5.73. The number of amides is 1. The lowest BCUT2D eigenvalue weighted by molar-refractivity contribution is -0.117. The normalized spacial score (nSPS) is 16.2. The summed E-state index contributed by atoms with van der Waals surface area (Å²) in [5.41, 5.74) is 0.410. The van der Waals surface area contributed by atoms with Crippen LogP contribution in [-0.4, -0.2) is 30.4 Å². The molecule has 1 aliphatic rings. The molecule has 2 rings (SSSR count). The van der Waals surface area contributed by atoms with Crippen LogP contribution in [0.5, 0.6) is 0 Å². The lowest BCUT2D eigenvalue weighted by Crippen LogP contribution is -2.36. The van der Waals surface area contributed by atoms with Crippen molar-refractivity contribution in [3.8, 4) is 0 Å². The highest BCUT2D eigenvalue weighted by Gasteiger charge is 2.15. The van der Waals surface area contributed by atoms with Crippen molar-refractivity contribution in [3.63, 3.8) is 0 Å². The van der Waals surface area contributed by atoms with E-state index in [2.05, 4.69) is 5.32 Å². The molecule has 1 aromatic carbocycles. The number of hydrogen-bond donors (Lipinski definition) is 1. The van der Waals surface area contributed by atoms with Gasteiger partial charge in [0.25, 0.3) is 0 Å². The summed E-state index contributed by atoms with van der Waals surface area (Å²) < 4.78 is 25.9. The van der Waals surface area contributed by atoms with E-state index in [-0.39, 0.29) is 24.8 Å². The molecule has 0 bridgehead atoms. The van der Waals surface area contributed by atoms with Crippen LogP contribution in [0, 0.1) is 5.82 Å². The van der Waals surface area contributed by atoms with E-state index in [9.17, 15) is 13.6 Å². The Morgan fingerprint density at radius 3 is 2.94 bits per heavy atom. The second-order valence-corrected chi connectivity index (χ2v) is 4.21. The Kier molecular flexibility index (Phi) is 4.04. The van der Waals surface area contributed by atoms with Crippen LogP contribution in [0.4, 0.5) is 14.5 Å². The van der Waals surface area contributed by atoms with Crippen LogP contribution >= 0.6 is 0 Å². The average Bonchev–Trinajstić information content (AvgIpc) is 2.28. The Morgan fingerprint density at radius 1 is 1.39 bits per heavy atom. The van der Waals surface area contributed by atoms with E-state index in [0.717, 1.165) is 0 Å². The fourth-order valence-electron chi connectivity index (χ4n) is 1.87. The van der Waals surface area contributed by atoms with E-state index in [1.807, 2.05) is 0 Å². The van der Waals surface area contributed by atoms with Crippen LogP contribution in [0.3, 0.4) is 0 Å². The van der Waals surface area contributed by atoms with E-state index in [4.69, 9.17) is 0 Å². The molecule has 0 aliphatic carbocycles. The SMILES string of the molecule is O=C(CN1CCC=C(F)C1)Nc1cccc(F)c1. The molecule has 0 saturated heterocycles. The first-order valence-electron chi connectivity index (χ1n) is 5.76. The van der Waals surface area contributed by atoms with Crippen molar-refractivity contribution in [2.45, 2.75) is 6.42 Å². The van der Waals surface area contributed by atoms with E-state index in [0.29, 0.717) is 18.7 Å². The molecule has 0 radical (unpaired) electrons. The highest BCUT2D eigenvalue weighted by molar-refractivity contribution is 5.92. The van der Waals surface area contributed by atoms with Gasteiger partial charge in [-0.25, -0.2) is 8.78 Å². The first-order valence-corrected chi connectivity index (χ1v) is 5.76. The molecule has 5 heteroatoms. The number of nitrogens with zero attached hydrogens (tertiary/aromatic N) is 1. The molecule has 0 aromatic heterocycles. The van der Waals surface area contributed by atoms with Crippen molar-refractivity contribution in [1.82, 2.24) is 4.90 Å². The van der Waals surface area contributed by atoms with Gasteiger partial charge in [-0.15, -0.1) is 0 Å². The summed E-state index contributed by atoms with van der Waals surface area (Å²) in [5, 5.41) is 2.58. The molecule has 18 heavy (non-hydrogen) atoms. The van der Waals surface area contributed by atoms with Gasteiger partial charge < -0.3 is 5.32 Å². The van der Waals surface area contributed by atoms with Gasteiger partial charge in [-0.05, 0) is 24.6 Å². The Hall–Kier alpha value is -1.75. The summed E-state index contributed by atoms with van der Waals surface area (Å²) in [6, 6.07) is 5.68. The minimum atomic E-state index is -0.403. The van der Waals surface area contributed by atoms with Gasteiger partial charge in [0.15, 0.2) is 0 Å². The van der Waals surface area contributed by atoms with E-state index in [1.54, 1.807) is 11.0 Å². The predicted octanol–water partition coefficient (Wildman–Crippen LogP) is 2.32. The van der Waals surface area contributed by atoms with Gasteiger partial charge in [-0.2, -0.15) is 0 Å². The lowest BCUT2D eigenvalue weighted by atomic mass is 10.2. The summed E-state index contributed by atoms with van der Waals surface area (Å²) in [6.07, 6.45) is 2.14. The van der Waals surface area contributed by atoms with E-state index < -0.39 is 5.82 Å². The number of halogens is 2. The highest BCUT2D eigenvalue weighted by atomic mass is 19.1. The number of carbonyl (C=O) groups is 1. The number of nitrogens with one attached hydrogen (secondary N) is 1. The smallest absolute Gasteiger partial charge is 0.238 e. The lowest BCUT2D eigenvalue weighted by Gasteiger charge is -2.23. The van der Waals surface area contributed by atoms with Crippen LogP contribution in [0.1, 0.15) is 6.42 Å². The third-order valence-corrected chi connectivity index (χ3v) is 2.66. The first kappa shape index (κ1) is 12.7. The molecule has 1 N–H and O–H groups in total. The molecule has 1 heterocycles. The summed E-state index contributed by atoms with van der Waals surface area (Å²) in [6.45, 7) is 0.929. The zero-order valence-electron chi connectivity index (χ0n) is 9.83. The van der Waals surface area contributed by atoms with Gasteiger partial charge in [0.05, 0.1) is 13.1 Å². The van der Waals surface area contributed by atoms with E-state index in [1.165, 1.54) is 24.3 Å².